The fourth-order valence-electron chi connectivity index (χ4n) is 1.65. The van der Waals surface area contributed by atoms with Gasteiger partial charge in [0.25, 0.3) is 0 Å². The van der Waals surface area contributed by atoms with Crippen molar-refractivity contribution in [1.29, 1.82) is 0 Å². The molecule has 0 aliphatic rings. The molecule has 1 amide bonds. The van der Waals surface area contributed by atoms with Gasteiger partial charge >= 0.3 is 5.97 Å². The average Bonchev–Trinajstić information content (AvgIpc) is 2.28. The summed E-state index contributed by atoms with van der Waals surface area (Å²) >= 11 is 0. The molecular weight excluding hydrogens is 232 g/mol. The molecule has 0 saturated carbocycles. The lowest BCUT2D eigenvalue weighted by Gasteiger charge is -2.22. The summed E-state index contributed by atoms with van der Waals surface area (Å²) in [7, 11) is 5.22. The van der Waals surface area contributed by atoms with Crippen molar-refractivity contribution in [3.05, 3.63) is 29.3 Å². The fourth-order valence-corrected chi connectivity index (χ4v) is 1.65. The topological polar surface area (TPSA) is 60.9 Å². The third kappa shape index (κ3) is 3.23. The van der Waals surface area contributed by atoms with Crippen LogP contribution >= 0.6 is 0 Å². The average molecular weight is 250 g/mol. The molecule has 98 valence electrons. The molecule has 1 aromatic carbocycles. The number of aromatic carboxylic acids is 1. The first-order chi connectivity index (χ1) is 8.32. The van der Waals surface area contributed by atoms with Gasteiger partial charge in [0, 0.05) is 26.8 Å². The van der Waals surface area contributed by atoms with Gasteiger partial charge in [0.05, 0.1) is 12.1 Å². The van der Waals surface area contributed by atoms with E-state index in [0.29, 0.717) is 0 Å². The molecule has 1 rings (SSSR count). The van der Waals surface area contributed by atoms with Crippen LogP contribution in [-0.2, 0) is 4.79 Å². The van der Waals surface area contributed by atoms with Gasteiger partial charge in [-0.3, -0.25) is 4.79 Å². The van der Waals surface area contributed by atoms with Crippen molar-refractivity contribution < 1.29 is 14.7 Å². The molecule has 0 fully saturated rings. The van der Waals surface area contributed by atoms with E-state index < -0.39 is 5.97 Å². The Kier molecular flexibility index (Phi) is 4.31. The molecule has 0 aliphatic heterocycles. The molecule has 0 spiro atoms. The van der Waals surface area contributed by atoms with Gasteiger partial charge in [0.15, 0.2) is 0 Å². The number of likely N-dealkylation sites (N-methyl/N-ethyl adjacent to an activating group) is 2. The number of carboxylic acid groups (broad SMARTS) is 1. The molecule has 0 aromatic heterocycles. The molecule has 0 heterocycles. The van der Waals surface area contributed by atoms with Gasteiger partial charge < -0.3 is 14.9 Å². The third-order valence-corrected chi connectivity index (χ3v) is 2.73. The molecule has 1 aromatic rings. The summed E-state index contributed by atoms with van der Waals surface area (Å²) in [5.41, 5.74) is 1.95. The quantitative estimate of drug-likeness (QED) is 0.872. The summed E-state index contributed by atoms with van der Waals surface area (Å²) < 4.78 is 0. The summed E-state index contributed by atoms with van der Waals surface area (Å²) in [6, 6.07) is 4.87. The van der Waals surface area contributed by atoms with Crippen LogP contribution in [0.1, 0.15) is 15.9 Å². The molecule has 5 heteroatoms. The Morgan fingerprint density at radius 3 is 2.28 bits per heavy atom. The van der Waals surface area contributed by atoms with Crippen LogP contribution in [0.3, 0.4) is 0 Å². The van der Waals surface area contributed by atoms with Crippen LogP contribution in [0.5, 0.6) is 0 Å². The van der Waals surface area contributed by atoms with Crippen molar-refractivity contribution in [2.24, 2.45) is 0 Å². The van der Waals surface area contributed by atoms with E-state index >= 15 is 0 Å². The monoisotopic (exact) mass is 250 g/mol. The van der Waals surface area contributed by atoms with Gasteiger partial charge in [-0.15, -0.1) is 0 Å². The molecule has 5 nitrogen and oxygen atoms in total. The molecule has 1 N–H and O–H groups in total. The van der Waals surface area contributed by atoms with Crippen LogP contribution < -0.4 is 4.90 Å². The van der Waals surface area contributed by atoms with Gasteiger partial charge in [-0.05, 0) is 30.7 Å². The Morgan fingerprint density at radius 1 is 1.22 bits per heavy atom. The van der Waals surface area contributed by atoms with Crippen LogP contribution in [0, 0.1) is 6.92 Å². The molecule has 0 aliphatic carbocycles. The minimum atomic E-state index is -0.948. The normalized spacial score (nSPS) is 10.0. The van der Waals surface area contributed by atoms with E-state index in [0.717, 1.165) is 11.3 Å². The second-order valence-electron chi connectivity index (χ2n) is 4.45. The molecule has 0 radical (unpaired) electrons. The Balaban J connectivity index is 2.90. The van der Waals surface area contributed by atoms with Gasteiger partial charge in [0.1, 0.15) is 0 Å². The van der Waals surface area contributed by atoms with E-state index in [4.69, 9.17) is 5.11 Å². The van der Waals surface area contributed by atoms with E-state index in [1.807, 2.05) is 18.9 Å². The van der Waals surface area contributed by atoms with Crippen molar-refractivity contribution in [2.45, 2.75) is 6.92 Å². The largest absolute Gasteiger partial charge is 0.478 e. The van der Waals surface area contributed by atoms with E-state index in [1.54, 1.807) is 32.3 Å². The first-order valence-corrected chi connectivity index (χ1v) is 5.58. The molecule has 18 heavy (non-hydrogen) atoms. The van der Waals surface area contributed by atoms with Gasteiger partial charge in [-0.25, -0.2) is 4.79 Å². The van der Waals surface area contributed by atoms with Gasteiger partial charge in [-0.2, -0.15) is 0 Å². The maximum atomic E-state index is 11.6. The van der Waals surface area contributed by atoms with Crippen LogP contribution in [0.2, 0.25) is 0 Å². The highest BCUT2D eigenvalue weighted by Crippen LogP contribution is 2.20. The van der Waals surface area contributed by atoms with E-state index in [1.165, 1.54) is 4.90 Å². The number of rotatable bonds is 4. The van der Waals surface area contributed by atoms with Crippen molar-refractivity contribution in [3.8, 4) is 0 Å². The van der Waals surface area contributed by atoms with Gasteiger partial charge in [-0.1, -0.05) is 0 Å². The summed E-state index contributed by atoms with van der Waals surface area (Å²) in [6.45, 7) is 2.10. The predicted octanol–water partition coefficient (Wildman–Crippen LogP) is 1.22. The number of hydrogen-bond donors (Lipinski definition) is 1. The number of amides is 1. The van der Waals surface area contributed by atoms with Crippen LogP contribution in [0.25, 0.3) is 0 Å². The first kappa shape index (κ1) is 14.0. The summed E-state index contributed by atoms with van der Waals surface area (Å²) in [6.07, 6.45) is 0. The van der Waals surface area contributed by atoms with Crippen LogP contribution in [0.4, 0.5) is 5.69 Å². The molecular formula is C13H18N2O3. The maximum absolute atomic E-state index is 11.6. The van der Waals surface area contributed by atoms with Crippen LogP contribution in [0.15, 0.2) is 18.2 Å². The zero-order valence-electron chi connectivity index (χ0n) is 11.1. The fraction of sp³-hybridized carbons (Fsp3) is 0.385. The number of anilines is 1. The number of carbonyl (C=O) groups is 2. The minimum Gasteiger partial charge on any atom is -0.478 e. The number of benzene rings is 1. The predicted molar refractivity (Wildman–Crippen MR) is 70.1 cm³/mol. The second-order valence-corrected chi connectivity index (χ2v) is 4.45. The minimum absolute atomic E-state index is 0.000730. The number of carboxylic acids is 1. The zero-order valence-corrected chi connectivity index (χ0v) is 11.1. The summed E-state index contributed by atoms with van der Waals surface area (Å²) in [5.74, 6) is -0.948. The SMILES string of the molecule is Cc1cc(C(=O)O)ccc1N(C)CC(=O)N(C)C. The maximum Gasteiger partial charge on any atom is 0.335 e. The lowest BCUT2D eigenvalue weighted by Crippen LogP contribution is -2.34. The van der Waals surface area contributed by atoms with Crippen molar-refractivity contribution >= 4 is 17.6 Å². The smallest absolute Gasteiger partial charge is 0.335 e. The Bertz CT molecular complexity index is 469. The zero-order chi connectivity index (χ0) is 13.9. The highest BCUT2D eigenvalue weighted by molar-refractivity contribution is 5.89. The van der Waals surface area contributed by atoms with Gasteiger partial charge in [0.2, 0.25) is 5.91 Å². The highest BCUT2D eigenvalue weighted by atomic mass is 16.4. The first-order valence-electron chi connectivity index (χ1n) is 5.58. The molecule has 0 bridgehead atoms. The lowest BCUT2D eigenvalue weighted by atomic mass is 10.1. The van der Waals surface area contributed by atoms with Crippen LogP contribution in [-0.4, -0.2) is 49.6 Å². The van der Waals surface area contributed by atoms with Crippen molar-refractivity contribution in [3.63, 3.8) is 0 Å². The lowest BCUT2D eigenvalue weighted by molar-refractivity contribution is -0.127. The van der Waals surface area contributed by atoms with Crippen molar-refractivity contribution in [1.82, 2.24) is 4.90 Å². The highest BCUT2D eigenvalue weighted by Gasteiger charge is 2.12. The van der Waals surface area contributed by atoms with E-state index in [9.17, 15) is 9.59 Å². The third-order valence-electron chi connectivity index (χ3n) is 2.73. The summed E-state index contributed by atoms with van der Waals surface area (Å²) in [5, 5.41) is 8.88. The number of nitrogens with zero attached hydrogens (tertiary/aromatic N) is 2. The molecule has 0 atom stereocenters. The Labute approximate surface area is 107 Å². The van der Waals surface area contributed by atoms with E-state index in [2.05, 4.69) is 0 Å². The molecule has 0 unspecified atom stereocenters. The second kappa shape index (κ2) is 5.53. The number of hydrogen-bond acceptors (Lipinski definition) is 3. The number of carbonyl (C=O) groups excluding carboxylic acids is 1. The Morgan fingerprint density at radius 2 is 1.83 bits per heavy atom. The van der Waals surface area contributed by atoms with E-state index in [-0.39, 0.29) is 18.0 Å². The Hall–Kier alpha value is -2.04. The van der Waals surface area contributed by atoms with Crippen molar-refractivity contribution in [2.75, 3.05) is 32.6 Å². The summed E-state index contributed by atoms with van der Waals surface area (Å²) in [4.78, 5) is 25.8. The number of aryl methyl sites for hydroxylation is 1. The standard InChI is InChI=1S/C13H18N2O3/c1-9-7-10(13(17)18)5-6-11(9)15(4)8-12(16)14(2)3/h5-7H,8H2,1-4H3,(H,17,18). The molecule has 0 saturated heterocycles.